The zero-order valence-electron chi connectivity index (χ0n) is 19.3. The Hall–Kier alpha value is -4.13. The van der Waals surface area contributed by atoms with Crippen molar-refractivity contribution in [3.63, 3.8) is 0 Å². The van der Waals surface area contributed by atoms with E-state index in [0.29, 0.717) is 22.8 Å². The largest absolute Gasteiger partial charge is 0.497 e. The van der Waals surface area contributed by atoms with Crippen LogP contribution in [0.15, 0.2) is 77.9 Å². The van der Waals surface area contributed by atoms with Crippen molar-refractivity contribution >= 4 is 18.1 Å². The Kier molecular flexibility index (Phi) is 9.22. The van der Waals surface area contributed by atoms with E-state index >= 15 is 0 Å². The molecule has 3 aromatic rings. The first-order chi connectivity index (χ1) is 16.6. The fourth-order valence-electron chi connectivity index (χ4n) is 3.01. The fourth-order valence-corrected chi connectivity index (χ4v) is 3.01. The minimum atomic E-state index is -0.466. The second-order valence-corrected chi connectivity index (χ2v) is 7.52. The molecule has 1 N–H and O–H groups in total. The molecule has 3 rings (SSSR count). The smallest absolute Gasteiger partial charge is 0.343 e. The number of benzene rings is 3. The third-order valence-electron chi connectivity index (χ3n) is 4.93. The lowest BCUT2D eigenvalue weighted by molar-refractivity contribution is -0.123. The van der Waals surface area contributed by atoms with Gasteiger partial charge in [0.1, 0.15) is 17.2 Å². The average Bonchev–Trinajstić information content (AvgIpc) is 2.88. The molecule has 0 heterocycles. The van der Waals surface area contributed by atoms with Crippen LogP contribution in [0.1, 0.15) is 41.3 Å². The number of rotatable bonds is 11. The van der Waals surface area contributed by atoms with E-state index in [0.717, 1.165) is 24.8 Å². The van der Waals surface area contributed by atoms with Gasteiger partial charge in [-0.15, -0.1) is 0 Å². The lowest BCUT2D eigenvalue weighted by Gasteiger charge is -2.06. The molecule has 0 atom stereocenters. The van der Waals surface area contributed by atoms with Crippen LogP contribution in [0.2, 0.25) is 0 Å². The molecule has 0 saturated heterocycles. The fraction of sp³-hybridized carbons (Fsp3) is 0.222. The average molecular weight is 461 g/mol. The lowest BCUT2D eigenvalue weighted by atomic mass is 10.1. The van der Waals surface area contributed by atoms with Crippen LogP contribution in [0.25, 0.3) is 0 Å². The van der Waals surface area contributed by atoms with Gasteiger partial charge in [0.2, 0.25) is 0 Å². The van der Waals surface area contributed by atoms with Gasteiger partial charge in [-0.3, -0.25) is 4.79 Å². The summed E-state index contributed by atoms with van der Waals surface area (Å²) in [5.41, 5.74) is 4.83. The molecule has 0 aliphatic carbocycles. The third kappa shape index (κ3) is 7.78. The molecule has 0 aliphatic heterocycles. The van der Waals surface area contributed by atoms with Gasteiger partial charge in [0.05, 0.1) is 18.9 Å². The number of unbranched alkanes of at least 4 members (excludes halogenated alkanes) is 1. The first-order valence-corrected chi connectivity index (χ1v) is 11.1. The predicted molar refractivity (Wildman–Crippen MR) is 131 cm³/mol. The highest BCUT2D eigenvalue weighted by Crippen LogP contribution is 2.16. The first-order valence-electron chi connectivity index (χ1n) is 11.1. The number of hydrogen-bond acceptors (Lipinski definition) is 6. The zero-order valence-corrected chi connectivity index (χ0v) is 19.3. The number of nitrogens with zero attached hydrogens (tertiary/aromatic N) is 1. The molecule has 0 saturated carbocycles. The maximum absolute atomic E-state index is 12.2. The van der Waals surface area contributed by atoms with Gasteiger partial charge in [-0.05, 0) is 84.6 Å². The summed E-state index contributed by atoms with van der Waals surface area (Å²) < 4.78 is 15.9. The Morgan fingerprint density at radius 3 is 2.18 bits per heavy atom. The van der Waals surface area contributed by atoms with Crippen LogP contribution >= 0.6 is 0 Å². The summed E-state index contributed by atoms with van der Waals surface area (Å²) in [6.45, 7) is 2.03. The van der Waals surface area contributed by atoms with E-state index in [1.54, 1.807) is 55.6 Å². The zero-order chi connectivity index (χ0) is 24.2. The highest BCUT2D eigenvalue weighted by Gasteiger charge is 2.08. The van der Waals surface area contributed by atoms with E-state index in [-0.39, 0.29) is 12.5 Å². The van der Waals surface area contributed by atoms with Crippen LogP contribution in [0.5, 0.6) is 17.2 Å². The van der Waals surface area contributed by atoms with E-state index in [4.69, 9.17) is 14.2 Å². The molecule has 3 aromatic carbocycles. The molecule has 0 aliphatic rings. The van der Waals surface area contributed by atoms with Gasteiger partial charge in [0.15, 0.2) is 6.61 Å². The third-order valence-corrected chi connectivity index (χ3v) is 4.93. The van der Waals surface area contributed by atoms with Gasteiger partial charge in [0.25, 0.3) is 5.91 Å². The molecule has 0 unspecified atom stereocenters. The standard InChI is InChI=1S/C27H28N2O5/c1-3-4-5-20-6-12-24(13-7-20)33-19-26(30)29-28-18-21-8-14-25(15-9-21)34-27(31)22-10-16-23(32-2)17-11-22/h6-18H,3-5,19H2,1-2H3,(H,29,30)/b28-18+. The molecule has 7 nitrogen and oxygen atoms in total. The number of carbonyl (C=O) groups excluding carboxylic acids is 2. The Bertz CT molecular complexity index is 1090. The van der Waals surface area contributed by atoms with E-state index in [1.165, 1.54) is 11.8 Å². The van der Waals surface area contributed by atoms with Crippen molar-refractivity contribution in [3.05, 3.63) is 89.5 Å². The maximum Gasteiger partial charge on any atom is 0.343 e. The van der Waals surface area contributed by atoms with Crippen molar-refractivity contribution in [3.8, 4) is 17.2 Å². The van der Waals surface area contributed by atoms with Gasteiger partial charge < -0.3 is 14.2 Å². The quantitative estimate of drug-likeness (QED) is 0.193. The summed E-state index contributed by atoms with van der Waals surface area (Å²) in [5.74, 6) is 0.869. The summed E-state index contributed by atoms with van der Waals surface area (Å²) in [6.07, 6.45) is 4.84. The molecule has 0 aromatic heterocycles. The van der Waals surface area contributed by atoms with Crippen LogP contribution < -0.4 is 19.6 Å². The van der Waals surface area contributed by atoms with Crippen molar-refractivity contribution in [2.24, 2.45) is 5.10 Å². The summed E-state index contributed by atoms with van der Waals surface area (Å²) in [4.78, 5) is 24.2. The SMILES string of the molecule is CCCCc1ccc(OCC(=O)N/N=C/c2ccc(OC(=O)c3ccc(OC)cc3)cc2)cc1. The molecule has 1 amide bonds. The predicted octanol–water partition coefficient (Wildman–Crippen LogP) is 4.79. The van der Waals surface area contributed by atoms with Crippen molar-refractivity contribution in [1.82, 2.24) is 5.43 Å². The number of methoxy groups -OCH3 is 1. The van der Waals surface area contributed by atoms with E-state index in [9.17, 15) is 9.59 Å². The van der Waals surface area contributed by atoms with Crippen molar-refractivity contribution in [2.75, 3.05) is 13.7 Å². The Balaban J connectivity index is 1.42. The molecular weight excluding hydrogens is 432 g/mol. The van der Waals surface area contributed by atoms with Gasteiger partial charge in [-0.1, -0.05) is 25.5 Å². The monoisotopic (exact) mass is 460 g/mol. The summed E-state index contributed by atoms with van der Waals surface area (Å²) in [6, 6.07) is 21.2. The van der Waals surface area contributed by atoms with Crippen LogP contribution in [0.3, 0.4) is 0 Å². The number of aryl methyl sites for hydroxylation is 1. The molecule has 176 valence electrons. The van der Waals surface area contributed by atoms with Gasteiger partial charge in [0, 0.05) is 0 Å². The molecule has 0 bridgehead atoms. The molecule has 7 heteroatoms. The normalized spacial score (nSPS) is 10.6. The Morgan fingerprint density at radius 1 is 0.882 bits per heavy atom. The number of amides is 1. The highest BCUT2D eigenvalue weighted by molar-refractivity contribution is 5.91. The summed E-state index contributed by atoms with van der Waals surface area (Å²) in [7, 11) is 1.56. The lowest BCUT2D eigenvalue weighted by Crippen LogP contribution is -2.24. The van der Waals surface area contributed by atoms with Crippen LogP contribution in [-0.4, -0.2) is 31.8 Å². The molecule has 0 fully saturated rings. The van der Waals surface area contributed by atoms with E-state index in [1.807, 2.05) is 24.3 Å². The number of hydrogen-bond donors (Lipinski definition) is 1. The minimum Gasteiger partial charge on any atom is -0.497 e. The Labute approximate surface area is 199 Å². The second-order valence-electron chi connectivity index (χ2n) is 7.52. The van der Waals surface area contributed by atoms with Crippen molar-refractivity contribution in [2.45, 2.75) is 26.2 Å². The molecular formula is C27H28N2O5. The number of nitrogens with one attached hydrogen (secondary N) is 1. The Morgan fingerprint density at radius 2 is 1.53 bits per heavy atom. The maximum atomic E-state index is 12.2. The summed E-state index contributed by atoms with van der Waals surface area (Å²) >= 11 is 0. The van der Waals surface area contributed by atoms with Crippen LogP contribution in [0, 0.1) is 0 Å². The molecule has 34 heavy (non-hydrogen) atoms. The van der Waals surface area contributed by atoms with Crippen molar-refractivity contribution < 1.29 is 23.8 Å². The highest BCUT2D eigenvalue weighted by atomic mass is 16.5. The molecule has 0 radical (unpaired) electrons. The van der Waals surface area contributed by atoms with E-state index < -0.39 is 5.97 Å². The van der Waals surface area contributed by atoms with E-state index in [2.05, 4.69) is 17.5 Å². The number of carbonyl (C=O) groups is 2. The number of hydrazone groups is 1. The summed E-state index contributed by atoms with van der Waals surface area (Å²) in [5, 5.41) is 3.93. The van der Waals surface area contributed by atoms with Gasteiger partial charge >= 0.3 is 5.97 Å². The number of ether oxygens (including phenoxy) is 3. The second kappa shape index (κ2) is 12.8. The van der Waals surface area contributed by atoms with Gasteiger partial charge in [-0.2, -0.15) is 5.10 Å². The van der Waals surface area contributed by atoms with Crippen molar-refractivity contribution in [1.29, 1.82) is 0 Å². The first kappa shape index (κ1) is 24.5. The minimum absolute atomic E-state index is 0.133. The van der Waals surface area contributed by atoms with Crippen LogP contribution in [0.4, 0.5) is 0 Å². The van der Waals surface area contributed by atoms with Gasteiger partial charge in [-0.25, -0.2) is 10.2 Å². The number of esters is 1. The topological polar surface area (TPSA) is 86.2 Å². The van der Waals surface area contributed by atoms with Crippen LogP contribution in [-0.2, 0) is 11.2 Å². The molecule has 0 spiro atoms.